The number of benzene rings is 1. The second-order valence-corrected chi connectivity index (χ2v) is 5.22. The number of nitrogens with one attached hydrogen (secondary N) is 1. The summed E-state index contributed by atoms with van der Waals surface area (Å²) in [5.74, 6) is -0.542. The summed E-state index contributed by atoms with van der Waals surface area (Å²) in [6, 6.07) is 7.02. The zero-order chi connectivity index (χ0) is 15.2. The molecule has 0 bridgehead atoms. The average molecular weight is 291 g/mol. The smallest absolute Gasteiger partial charge is 0.310 e. The first-order valence-electron chi connectivity index (χ1n) is 7.19. The number of amides is 1. The normalized spacial score (nSPS) is 19.0. The zero-order valence-electron chi connectivity index (χ0n) is 12.4. The molecule has 1 aromatic carbocycles. The third-order valence-corrected chi connectivity index (χ3v) is 3.71. The molecule has 1 fully saturated rings. The summed E-state index contributed by atoms with van der Waals surface area (Å²) in [7, 11) is 1.34. The highest BCUT2D eigenvalue weighted by molar-refractivity contribution is 5.96. The maximum atomic E-state index is 12.4. The van der Waals surface area contributed by atoms with E-state index in [0.717, 1.165) is 19.4 Å². The monoisotopic (exact) mass is 291 g/mol. The van der Waals surface area contributed by atoms with Crippen LogP contribution in [0.5, 0.6) is 0 Å². The van der Waals surface area contributed by atoms with E-state index in [1.54, 1.807) is 24.3 Å². The molecule has 5 heteroatoms. The molecule has 1 amide bonds. The fourth-order valence-electron chi connectivity index (χ4n) is 2.50. The van der Waals surface area contributed by atoms with Gasteiger partial charge in [0, 0.05) is 12.2 Å². The molecule has 0 aromatic heterocycles. The van der Waals surface area contributed by atoms with Crippen LogP contribution in [0.15, 0.2) is 24.3 Å². The van der Waals surface area contributed by atoms with Crippen LogP contribution in [-0.4, -0.2) is 37.7 Å². The van der Waals surface area contributed by atoms with Crippen molar-refractivity contribution in [2.45, 2.75) is 38.3 Å². The molecule has 1 aromatic rings. The van der Waals surface area contributed by atoms with Crippen LogP contribution in [0, 0.1) is 0 Å². The third-order valence-electron chi connectivity index (χ3n) is 3.71. The van der Waals surface area contributed by atoms with Crippen LogP contribution in [0.25, 0.3) is 0 Å². The van der Waals surface area contributed by atoms with Crippen LogP contribution in [0.2, 0.25) is 0 Å². The second kappa shape index (κ2) is 7.22. The number of carbonyl (C=O) groups excluding carboxylic acids is 2. The number of ether oxygens (including phenoxy) is 2. The molecule has 114 valence electrons. The summed E-state index contributed by atoms with van der Waals surface area (Å²) in [5, 5.41) is 2.95. The molecule has 2 atom stereocenters. The molecule has 1 aliphatic rings. The maximum Gasteiger partial charge on any atom is 0.310 e. The lowest BCUT2D eigenvalue weighted by Gasteiger charge is -2.20. The van der Waals surface area contributed by atoms with E-state index in [9.17, 15) is 9.59 Å². The molecule has 1 aliphatic heterocycles. The second-order valence-electron chi connectivity index (χ2n) is 5.22. The molecule has 1 N–H and O–H groups in total. The van der Waals surface area contributed by atoms with Gasteiger partial charge in [0.05, 0.1) is 25.7 Å². The Morgan fingerprint density at radius 3 is 2.86 bits per heavy atom. The lowest BCUT2D eigenvalue weighted by molar-refractivity contribution is -0.139. The minimum absolute atomic E-state index is 0.0498. The summed E-state index contributed by atoms with van der Waals surface area (Å²) in [6.07, 6.45) is 2.16. The van der Waals surface area contributed by atoms with Gasteiger partial charge in [0.25, 0.3) is 5.91 Å². The van der Waals surface area contributed by atoms with Crippen LogP contribution in [0.4, 0.5) is 0 Å². The Morgan fingerprint density at radius 1 is 1.43 bits per heavy atom. The number of esters is 1. The van der Waals surface area contributed by atoms with Gasteiger partial charge in [-0.05, 0) is 31.4 Å². The van der Waals surface area contributed by atoms with Gasteiger partial charge in [-0.25, -0.2) is 0 Å². The minimum Gasteiger partial charge on any atom is -0.469 e. The van der Waals surface area contributed by atoms with E-state index < -0.39 is 0 Å². The van der Waals surface area contributed by atoms with Crippen molar-refractivity contribution < 1.29 is 19.1 Å². The highest BCUT2D eigenvalue weighted by atomic mass is 16.5. The fourth-order valence-corrected chi connectivity index (χ4v) is 2.50. The average Bonchev–Trinajstić information content (AvgIpc) is 3.01. The van der Waals surface area contributed by atoms with Crippen molar-refractivity contribution >= 4 is 11.9 Å². The van der Waals surface area contributed by atoms with E-state index in [-0.39, 0.29) is 30.4 Å². The molecule has 0 spiro atoms. The number of methoxy groups -OCH3 is 1. The largest absolute Gasteiger partial charge is 0.469 e. The first-order valence-corrected chi connectivity index (χ1v) is 7.19. The van der Waals surface area contributed by atoms with Crippen LogP contribution < -0.4 is 5.32 Å². The molecule has 0 radical (unpaired) electrons. The molecule has 1 saturated heterocycles. The first kappa shape index (κ1) is 15.5. The van der Waals surface area contributed by atoms with Gasteiger partial charge in [0.15, 0.2) is 0 Å². The van der Waals surface area contributed by atoms with E-state index in [2.05, 4.69) is 10.1 Å². The van der Waals surface area contributed by atoms with Gasteiger partial charge in [0.2, 0.25) is 0 Å². The molecular weight excluding hydrogens is 270 g/mol. The molecular formula is C16H21NO4. The number of rotatable bonds is 5. The van der Waals surface area contributed by atoms with Gasteiger partial charge in [0.1, 0.15) is 0 Å². The molecule has 21 heavy (non-hydrogen) atoms. The quantitative estimate of drug-likeness (QED) is 0.839. The van der Waals surface area contributed by atoms with Crippen LogP contribution in [0.3, 0.4) is 0 Å². The fraction of sp³-hybridized carbons (Fsp3) is 0.500. The summed E-state index contributed by atoms with van der Waals surface area (Å²) in [5.41, 5.74) is 1.18. The molecule has 0 unspecified atom stereocenters. The number of hydrogen-bond acceptors (Lipinski definition) is 4. The van der Waals surface area contributed by atoms with Crippen molar-refractivity contribution in [2.75, 3.05) is 13.7 Å². The standard InChI is InChI=1S/C16H21NO4/c1-11(14-8-5-9-21-14)17-16(19)13-7-4-3-6-12(13)10-15(18)20-2/h3-4,6-7,11,14H,5,8-10H2,1-2H3,(H,17,19)/t11-,14-/m1/s1. The molecule has 0 saturated carbocycles. The summed E-state index contributed by atoms with van der Waals surface area (Å²) < 4.78 is 10.2. The SMILES string of the molecule is COC(=O)Cc1ccccc1C(=O)N[C@H](C)[C@H]1CCCO1. The summed E-state index contributed by atoms with van der Waals surface area (Å²) in [4.78, 5) is 23.8. The van der Waals surface area contributed by atoms with Crippen molar-refractivity contribution in [1.82, 2.24) is 5.32 Å². The lowest BCUT2D eigenvalue weighted by atomic mass is 10.0. The molecule has 5 nitrogen and oxygen atoms in total. The first-order chi connectivity index (χ1) is 10.1. The van der Waals surface area contributed by atoms with Gasteiger partial charge in [-0.3, -0.25) is 9.59 Å². The highest BCUT2D eigenvalue weighted by Gasteiger charge is 2.24. The predicted octanol–water partition coefficient (Wildman–Crippen LogP) is 1.70. The van der Waals surface area contributed by atoms with Crippen molar-refractivity contribution in [1.29, 1.82) is 0 Å². The van der Waals surface area contributed by atoms with E-state index in [1.165, 1.54) is 7.11 Å². The Bertz CT molecular complexity index is 509. The summed E-state index contributed by atoms with van der Waals surface area (Å²) in [6.45, 7) is 2.70. The van der Waals surface area contributed by atoms with Crippen LogP contribution in [0.1, 0.15) is 35.7 Å². The molecule has 2 rings (SSSR count). The third kappa shape index (κ3) is 4.04. The van der Waals surface area contributed by atoms with Gasteiger partial charge in [-0.15, -0.1) is 0 Å². The van der Waals surface area contributed by atoms with E-state index in [4.69, 9.17) is 4.74 Å². The molecule has 1 heterocycles. The molecule has 0 aliphatic carbocycles. The topological polar surface area (TPSA) is 64.6 Å². The number of carbonyl (C=O) groups is 2. The summed E-state index contributed by atoms with van der Waals surface area (Å²) >= 11 is 0. The van der Waals surface area contributed by atoms with Gasteiger partial charge in [-0.1, -0.05) is 18.2 Å². The maximum absolute atomic E-state index is 12.4. The Hall–Kier alpha value is -1.88. The van der Waals surface area contributed by atoms with Crippen molar-refractivity contribution in [2.24, 2.45) is 0 Å². The Balaban J connectivity index is 2.06. The van der Waals surface area contributed by atoms with Crippen LogP contribution in [-0.2, 0) is 20.7 Å². The van der Waals surface area contributed by atoms with E-state index in [1.807, 2.05) is 6.92 Å². The number of hydrogen-bond donors (Lipinski definition) is 1. The van der Waals surface area contributed by atoms with Gasteiger partial charge in [-0.2, -0.15) is 0 Å². The Kier molecular flexibility index (Phi) is 5.33. The predicted molar refractivity (Wildman–Crippen MR) is 78.1 cm³/mol. The highest BCUT2D eigenvalue weighted by Crippen LogP contribution is 2.16. The lowest BCUT2D eigenvalue weighted by Crippen LogP contribution is -2.41. The van der Waals surface area contributed by atoms with Gasteiger partial charge >= 0.3 is 5.97 Å². The van der Waals surface area contributed by atoms with Gasteiger partial charge < -0.3 is 14.8 Å². The zero-order valence-corrected chi connectivity index (χ0v) is 12.4. The van der Waals surface area contributed by atoms with Crippen molar-refractivity contribution in [3.8, 4) is 0 Å². The van der Waals surface area contributed by atoms with E-state index in [0.29, 0.717) is 11.1 Å². The van der Waals surface area contributed by atoms with Crippen LogP contribution >= 0.6 is 0 Å². The van der Waals surface area contributed by atoms with E-state index >= 15 is 0 Å². The van der Waals surface area contributed by atoms with Crippen molar-refractivity contribution in [3.05, 3.63) is 35.4 Å². The Morgan fingerprint density at radius 2 is 2.19 bits per heavy atom. The Labute approximate surface area is 124 Å². The minimum atomic E-state index is -0.359. The van der Waals surface area contributed by atoms with Crippen molar-refractivity contribution in [3.63, 3.8) is 0 Å².